The number of nitrogens with zero attached hydrogens (tertiary/aromatic N) is 1. The Morgan fingerprint density at radius 3 is 2.55 bits per heavy atom. The second-order valence-electron chi connectivity index (χ2n) is 5.70. The van der Waals surface area contributed by atoms with E-state index in [4.69, 9.17) is 0 Å². The lowest BCUT2D eigenvalue weighted by molar-refractivity contribution is 0.421. The minimum atomic E-state index is 0.326. The fourth-order valence-electron chi connectivity index (χ4n) is 3.21. The van der Waals surface area contributed by atoms with Crippen LogP contribution in [0.3, 0.4) is 0 Å². The van der Waals surface area contributed by atoms with Crippen molar-refractivity contribution in [3.63, 3.8) is 0 Å². The van der Waals surface area contributed by atoms with E-state index in [1.165, 1.54) is 24.0 Å². The Labute approximate surface area is 121 Å². The second kappa shape index (κ2) is 5.76. The highest BCUT2D eigenvalue weighted by Gasteiger charge is 2.50. The molecular weight excluding hydrogens is 244 g/mol. The monoisotopic (exact) mass is 266 g/mol. The normalized spacial score (nSPS) is 17.6. The maximum absolute atomic E-state index is 4.25. The Kier molecular flexibility index (Phi) is 3.83. The van der Waals surface area contributed by atoms with Crippen LogP contribution in [0.25, 0.3) is 0 Å². The fourth-order valence-corrected chi connectivity index (χ4v) is 3.21. The van der Waals surface area contributed by atoms with Crippen molar-refractivity contribution in [2.75, 3.05) is 6.54 Å². The fraction of sp³-hybridized carbons (Fsp3) is 0.389. The van der Waals surface area contributed by atoms with Crippen molar-refractivity contribution in [1.29, 1.82) is 0 Å². The minimum absolute atomic E-state index is 0.326. The lowest BCUT2D eigenvalue weighted by atomic mass is 9.84. The van der Waals surface area contributed by atoms with Crippen molar-refractivity contribution in [3.05, 3.63) is 66.0 Å². The van der Waals surface area contributed by atoms with Crippen molar-refractivity contribution in [1.82, 2.24) is 10.3 Å². The highest BCUT2D eigenvalue weighted by atomic mass is 14.9. The van der Waals surface area contributed by atoms with Gasteiger partial charge in [0, 0.05) is 23.9 Å². The molecule has 0 spiro atoms. The van der Waals surface area contributed by atoms with Crippen LogP contribution in [0, 0.1) is 0 Å². The van der Waals surface area contributed by atoms with E-state index in [-0.39, 0.29) is 0 Å². The summed E-state index contributed by atoms with van der Waals surface area (Å²) in [6, 6.07) is 15.7. The highest BCUT2D eigenvalue weighted by molar-refractivity contribution is 5.35. The molecular formula is C18H22N2. The molecule has 2 nitrogen and oxygen atoms in total. The van der Waals surface area contributed by atoms with Crippen molar-refractivity contribution in [3.8, 4) is 0 Å². The van der Waals surface area contributed by atoms with Crippen LogP contribution in [0.1, 0.15) is 30.9 Å². The van der Waals surface area contributed by atoms with E-state index in [0.29, 0.717) is 11.5 Å². The van der Waals surface area contributed by atoms with Gasteiger partial charge in [0.15, 0.2) is 0 Å². The third-order valence-electron chi connectivity index (χ3n) is 4.42. The molecule has 1 aliphatic rings. The van der Waals surface area contributed by atoms with Gasteiger partial charge in [-0.05, 0) is 43.0 Å². The van der Waals surface area contributed by atoms with Gasteiger partial charge in [0.05, 0.1) is 0 Å². The number of likely N-dealkylation sites (N-methyl/N-ethyl adjacent to an activating group) is 1. The maximum Gasteiger partial charge on any atom is 0.0300 e. The molecule has 2 heteroatoms. The predicted molar refractivity (Wildman–Crippen MR) is 82.8 cm³/mol. The largest absolute Gasteiger partial charge is 0.313 e. The number of hydrogen-bond donors (Lipinski definition) is 1. The van der Waals surface area contributed by atoms with E-state index >= 15 is 0 Å². The molecule has 0 aliphatic heterocycles. The van der Waals surface area contributed by atoms with Gasteiger partial charge in [0.25, 0.3) is 0 Å². The highest BCUT2D eigenvalue weighted by Crippen LogP contribution is 2.51. The molecule has 1 aromatic heterocycles. The molecule has 1 aliphatic carbocycles. The van der Waals surface area contributed by atoms with E-state index in [1.54, 1.807) is 0 Å². The molecule has 3 rings (SSSR count). The van der Waals surface area contributed by atoms with E-state index in [1.807, 2.05) is 18.5 Å². The zero-order chi connectivity index (χ0) is 13.8. The van der Waals surface area contributed by atoms with E-state index in [0.717, 1.165) is 13.0 Å². The standard InChI is InChI=1S/C18H22N2/c1-2-20-17(13-15-7-6-12-19-14-15)18(10-11-18)16-8-4-3-5-9-16/h3-9,12,14,17,20H,2,10-11,13H2,1H3. The Morgan fingerprint density at radius 1 is 1.15 bits per heavy atom. The summed E-state index contributed by atoms with van der Waals surface area (Å²) in [4.78, 5) is 4.25. The van der Waals surface area contributed by atoms with Crippen LogP contribution in [0.15, 0.2) is 54.9 Å². The van der Waals surface area contributed by atoms with Crippen LogP contribution < -0.4 is 5.32 Å². The van der Waals surface area contributed by atoms with E-state index in [9.17, 15) is 0 Å². The summed E-state index contributed by atoms with van der Waals surface area (Å²) in [5.74, 6) is 0. The Morgan fingerprint density at radius 2 is 1.95 bits per heavy atom. The van der Waals surface area contributed by atoms with Crippen LogP contribution >= 0.6 is 0 Å². The number of rotatable bonds is 6. The first kappa shape index (κ1) is 13.3. The molecule has 1 N–H and O–H groups in total. The maximum atomic E-state index is 4.25. The number of nitrogens with one attached hydrogen (secondary N) is 1. The summed E-state index contributed by atoms with van der Waals surface area (Å²) in [6.07, 6.45) is 7.46. The summed E-state index contributed by atoms with van der Waals surface area (Å²) >= 11 is 0. The van der Waals surface area contributed by atoms with Gasteiger partial charge in [-0.25, -0.2) is 0 Å². The Balaban J connectivity index is 1.84. The molecule has 1 aromatic carbocycles. The van der Waals surface area contributed by atoms with Gasteiger partial charge in [-0.2, -0.15) is 0 Å². The summed E-state index contributed by atoms with van der Waals surface area (Å²) in [5, 5.41) is 3.70. The van der Waals surface area contributed by atoms with Crippen molar-refractivity contribution in [2.45, 2.75) is 37.6 Å². The van der Waals surface area contributed by atoms with Gasteiger partial charge in [-0.1, -0.05) is 43.3 Å². The van der Waals surface area contributed by atoms with Gasteiger partial charge in [-0.15, -0.1) is 0 Å². The molecule has 1 unspecified atom stereocenters. The average molecular weight is 266 g/mol. The topological polar surface area (TPSA) is 24.9 Å². The third kappa shape index (κ3) is 2.61. The van der Waals surface area contributed by atoms with Crippen LogP contribution in [-0.4, -0.2) is 17.6 Å². The first-order valence-corrected chi connectivity index (χ1v) is 7.53. The molecule has 2 aromatic rings. The van der Waals surface area contributed by atoms with Gasteiger partial charge in [0.1, 0.15) is 0 Å². The van der Waals surface area contributed by atoms with Gasteiger partial charge in [-0.3, -0.25) is 4.98 Å². The van der Waals surface area contributed by atoms with Crippen LogP contribution in [-0.2, 0) is 11.8 Å². The smallest absolute Gasteiger partial charge is 0.0300 e. The summed E-state index contributed by atoms with van der Waals surface area (Å²) < 4.78 is 0. The van der Waals surface area contributed by atoms with Crippen molar-refractivity contribution >= 4 is 0 Å². The molecule has 0 radical (unpaired) electrons. The molecule has 20 heavy (non-hydrogen) atoms. The molecule has 1 fully saturated rings. The molecule has 1 heterocycles. The SMILES string of the molecule is CCNC(Cc1cccnc1)C1(c2ccccc2)CC1. The van der Waals surface area contributed by atoms with Crippen LogP contribution in [0.4, 0.5) is 0 Å². The second-order valence-corrected chi connectivity index (χ2v) is 5.70. The average Bonchev–Trinajstić information content (AvgIpc) is 3.31. The lowest BCUT2D eigenvalue weighted by Gasteiger charge is -2.28. The molecule has 1 atom stereocenters. The first-order chi connectivity index (χ1) is 9.85. The third-order valence-corrected chi connectivity index (χ3v) is 4.42. The Hall–Kier alpha value is -1.67. The minimum Gasteiger partial charge on any atom is -0.313 e. The van der Waals surface area contributed by atoms with Gasteiger partial charge < -0.3 is 5.32 Å². The lowest BCUT2D eigenvalue weighted by Crippen LogP contribution is -2.41. The number of pyridine rings is 1. The first-order valence-electron chi connectivity index (χ1n) is 7.53. The molecule has 0 bridgehead atoms. The van der Waals surface area contributed by atoms with Gasteiger partial charge in [0.2, 0.25) is 0 Å². The summed E-state index contributed by atoms with van der Waals surface area (Å²) in [7, 11) is 0. The predicted octanol–water partition coefficient (Wildman–Crippen LogP) is 3.33. The van der Waals surface area contributed by atoms with Crippen molar-refractivity contribution < 1.29 is 0 Å². The number of hydrogen-bond acceptors (Lipinski definition) is 2. The summed E-state index contributed by atoms with van der Waals surface area (Å²) in [5.41, 5.74) is 3.13. The summed E-state index contributed by atoms with van der Waals surface area (Å²) in [6.45, 7) is 3.21. The molecule has 0 saturated heterocycles. The van der Waals surface area contributed by atoms with E-state index < -0.39 is 0 Å². The Bertz CT molecular complexity index is 532. The number of benzene rings is 1. The molecule has 104 valence electrons. The zero-order valence-electron chi connectivity index (χ0n) is 12.0. The quantitative estimate of drug-likeness (QED) is 0.867. The van der Waals surface area contributed by atoms with Gasteiger partial charge >= 0.3 is 0 Å². The molecule has 1 saturated carbocycles. The zero-order valence-corrected chi connectivity index (χ0v) is 12.0. The number of aromatic nitrogens is 1. The van der Waals surface area contributed by atoms with E-state index in [2.05, 4.69) is 53.6 Å². The van der Waals surface area contributed by atoms with Crippen LogP contribution in [0.5, 0.6) is 0 Å². The van der Waals surface area contributed by atoms with Crippen molar-refractivity contribution in [2.24, 2.45) is 0 Å². The molecule has 0 amide bonds. The van der Waals surface area contributed by atoms with Crippen LogP contribution in [0.2, 0.25) is 0 Å².